The number of hydrogen-bond acceptors (Lipinski definition) is 5. The van der Waals surface area contributed by atoms with Crippen molar-refractivity contribution >= 4 is 17.1 Å². The lowest BCUT2D eigenvalue weighted by atomic mass is 9.93. The third-order valence-corrected chi connectivity index (χ3v) is 7.63. The SMILES string of the molecule is C/C=C\CNCc1nc2cccnc2n1C1CCN(C(=O)C2CCN(Cc3ccccc3)CC2)CC1.C=C. The van der Waals surface area contributed by atoms with Crippen LogP contribution >= 0.6 is 0 Å². The number of fused-ring (bicyclic) bond motifs is 1. The van der Waals surface area contributed by atoms with E-state index in [0.717, 1.165) is 81.9 Å². The van der Waals surface area contributed by atoms with Crippen LogP contribution in [0.5, 0.6) is 0 Å². The third kappa shape index (κ3) is 6.77. The van der Waals surface area contributed by atoms with Gasteiger partial charge in [-0.05, 0) is 63.4 Å². The average molecular weight is 515 g/mol. The number of nitrogens with one attached hydrogen (secondary N) is 1. The molecule has 3 aromatic rings. The van der Waals surface area contributed by atoms with E-state index in [1.807, 2.05) is 25.3 Å². The van der Waals surface area contributed by atoms with Crippen molar-refractivity contribution in [3.8, 4) is 0 Å². The Morgan fingerprint density at radius 2 is 1.76 bits per heavy atom. The predicted molar refractivity (Wildman–Crippen MR) is 155 cm³/mol. The minimum Gasteiger partial charge on any atom is -0.342 e. The maximum Gasteiger partial charge on any atom is 0.225 e. The summed E-state index contributed by atoms with van der Waals surface area (Å²) < 4.78 is 2.32. The number of likely N-dealkylation sites (tertiary alicyclic amines) is 2. The Bertz CT molecular complexity index is 1170. The first-order chi connectivity index (χ1) is 18.7. The van der Waals surface area contributed by atoms with Gasteiger partial charge in [0.15, 0.2) is 5.65 Å². The summed E-state index contributed by atoms with van der Waals surface area (Å²) in [5.74, 6) is 1.55. The quantitative estimate of drug-likeness (QED) is 0.339. The van der Waals surface area contributed by atoms with Gasteiger partial charge in [0.05, 0.1) is 6.54 Å². The number of carbonyl (C=O) groups is 1. The van der Waals surface area contributed by atoms with E-state index in [1.165, 1.54) is 5.56 Å². The van der Waals surface area contributed by atoms with Gasteiger partial charge in [0.1, 0.15) is 11.3 Å². The van der Waals surface area contributed by atoms with Gasteiger partial charge in [-0.1, -0.05) is 42.5 Å². The highest BCUT2D eigenvalue weighted by Gasteiger charge is 2.32. The number of pyridine rings is 1. The van der Waals surface area contributed by atoms with Gasteiger partial charge in [0.2, 0.25) is 5.91 Å². The molecule has 0 bridgehead atoms. The maximum atomic E-state index is 13.4. The highest BCUT2D eigenvalue weighted by Crippen LogP contribution is 2.30. The van der Waals surface area contributed by atoms with Crippen LogP contribution in [0.2, 0.25) is 0 Å². The van der Waals surface area contributed by atoms with E-state index >= 15 is 0 Å². The van der Waals surface area contributed by atoms with Gasteiger partial charge in [-0.3, -0.25) is 9.69 Å². The fourth-order valence-electron chi connectivity index (χ4n) is 5.65. The molecule has 2 fully saturated rings. The van der Waals surface area contributed by atoms with Crippen molar-refractivity contribution in [2.75, 3.05) is 32.7 Å². The summed E-state index contributed by atoms with van der Waals surface area (Å²) >= 11 is 0. The van der Waals surface area contributed by atoms with E-state index in [1.54, 1.807) is 0 Å². The molecule has 202 valence electrons. The highest BCUT2D eigenvalue weighted by atomic mass is 16.2. The maximum absolute atomic E-state index is 13.4. The Morgan fingerprint density at radius 1 is 1.03 bits per heavy atom. The van der Waals surface area contributed by atoms with Crippen LogP contribution in [0.15, 0.2) is 74.0 Å². The van der Waals surface area contributed by atoms with Crippen molar-refractivity contribution in [3.05, 3.63) is 85.4 Å². The minimum absolute atomic E-state index is 0.163. The first-order valence-corrected chi connectivity index (χ1v) is 13.9. The second-order valence-corrected chi connectivity index (χ2v) is 10.0. The van der Waals surface area contributed by atoms with Gasteiger partial charge in [-0.2, -0.15) is 0 Å². The highest BCUT2D eigenvalue weighted by molar-refractivity contribution is 5.79. The molecule has 0 atom stereocenters. The molecule has 2 aromatic heterocycles. The van der Waals surface area contributed by atoms with E-state index in [0.29, 0.717) is 18.5 Å². The molecule has 0 radical (unpaired) electrons. The molecule has 1 N–H and O–H groups in total. The Kier molecular flexibility index (Phi) is 10.2. The molecule has 2 aliphatic heterocycles. The molecule has 2 saturated heterocycles. The van der Waals surface area contributed by atoms with Gasteiger partial charge in [-0.25, -0.2) is 9.97 Å². The largest absolute Gasteiger partial charge is 0.342 e. The fourth-order valence-corrected chi connectivity index (χ4v) is 5.65. The molecule has 5 rings (SSSR count). The molecule has 0 aliphatic carbocycles. The van der Waals surface area contributed by atoms with E-state index < -0.39 is 0 Å². The molecular formula is C31H42N6O. The van der Waals surface area contributed by atoms with E-state index in [9.17, 15) is 4.79 Å². The fraction of sp³-hybridized carbons (Fsp3) is 0.452. The zero-order valence-corrected chi connectivity index (χ0v) is 22.8. The van der Waals surface area contributed by atoms with Gasteiger partial charge in [0.25, 0.3) is 0 Å². The number of amides is 1. The number of allylic oxidation sites excluding steroid dienone is 1. The number of hydrogen-bond donors (Lipinski definition) is 1. The number of carbonyl (C=O) groups excluding carboxylic acids is 1. The van der Waals surface area contributed by atoms with Crippen LogP contribution in [0.1, 0.15) is 50.0 Å². The Balaban J connectivity index is 0.00000164. The zero-order chi connectivity index (χ0) is 26.7. The van der Waals surface area contributed by atoms with E-state index in [-0.39, 0.29) is 5.92 Å². The normalized spacial score (nSPS) is 17.6. The van der Waals surface area contributed by atoms with Crippen LogP contribution < -0.4 is 5.32 Å². The zero-order valence-electron chi connectivity index (χ0n) is 22.8. The summed E-state index contributed by atoms with van der Waals surface area (Å²) in [5, 5.41) is 3.47. The van der Waals surface area contributed by atoms with Crippen molar-refractivity contribution in [1.82, 2.24) is 29.7 Å². The van der Waals surface area contributed by atoms with E-state index in [4.69, 9.17) is 4.98 Å². The molecule has 1 aromatic carbocycles. The van der Waals surface area contributed by atoms with Crippen molar-refractivity contribution in [2.45, 2.75) is 51.7 Å². The lowest BCUT2D eigenvalue weighted by Gasteiger charge is -2.38. The molecule has 7 heteroatoms. The summed E-state index contributed by atoms with van der Waals surface area (Å²) in [5.41, 5.74) is 3.25. The third-order valence-electron chi connectivity index (χ3n) is 7.63. The van der Waals surface area contributed by atoms with Crippen molar-refractivity contribution < 1.29 is 4.79 Å². The van der Waals surface area contributed by atoms with Gasteiger partial charge in [-0.15, -0.1) is 13.2 Å². The van der Waals surface area contributed by atoms with Gasteiger partial charge < -0.3 is 14.8 Å². The summed E-state index contributed by atoms with van der Waals surface area (Å²) in [6.45, 7) is 14.2. The molecule has 38 heavy (non-hydrogen) atoms. The molecule has 2 aliphatic rings. The molecule has 0 unspecified atom stereocenters. The number of aromatic nitrogens is 3. The summed E-state index contributed by atoms with van der Waals surface area (Å²) in [7, 11) is 0. The lowest BCUT2D eigenvalue weighted by molar-refractivity contribution is -0.138. The molecule has 1 amide bonds. The average Bonchev–Trinajstić information content (AvgIpc) is 3.35. The van der Waals surface area contributed by atoms with Gasteiger partial charge in [0, 0.05) is 44.3 Å². The number of rotatable bonds is 8. The molecule has 0 saturated carbocycles. The summed E-state index contributed by atoms with van der Waals surface area (Å²) in [6.07, 6.45) is 9.83. The van der Waals surface area contributed by atoms with Crippen LogP contribution in [-0.2, 0) is 17.9 Å². The van der Waals surface area contributed by atoms with Gasteiger partial charge >= 0.3 is 0 Å². The van der Waals surface area contributed by atoms with Crippen LogP contribution in [0.3, 0.4) is 0 Å². The standard InChI is InChI=1S/C29H38N6O.C2H4/c1-2-3-15-30-21-27-32-26-10-7-16-31-28(26)35(27)25-13-19-34(20-14-25)29(36)24-11-17-33(18-12-24)22-23-8-5-4-6-9-23;1-2/h2-10,16,24-25,30H,11-15,17-22H2,1H3;1-2H2/b3-2-;. The number of imidazole rings is 1. The van der Waals surface area contributed by atoms with E-state index in [2.05, 4.69) is 80.3 Å². The number of benzene rings is 1. The second kappa shape index (κ2) is 14.0. The Labute approximate surface area is 227 Å². The topological polar surface area (TPSA) is 66.3 Å². The molecule has 4 heterocycles. The number of piperidine rings is 2. The minimum atomic E-state index is 0.163. The predicted octanol–water partition coefficient (Wildman–Crippen LogP) is 4.97. The van der Waals surface area contributed by atoms with Crippen LogP contribution in [0.4, 0.5) is 0 Å². The van der Waals surface area contributed by atoms with Crippen LogP contribution in [0, 0.1) is 5.92 Å². The first kappa shape index (κ1) is 27.7. The second-order valence-electron chi connectivity index (χ2n) is 10.0. The van der Waals surface area contributed by atoms with Crippen molar-refractivity contribution in [2.24, 2.45) is 5.92 Å². The first-order valence-electron chi connectivity index (χ1n) is 13.9. The molecule has 7 nitrogen and oxygen atoms in total. The van der Waals surface area contributed by atoms with Crippen LogP contribution in [-0.4, -0.2) is 63.0 Å². The lowest BCUT2D eigenvalue weighted by Crippen LogP contribution is -2.45. The number of nitrogens with zero attached hydrogens (tertiary/aromatic N) is 5. The monoisotopic (exact) mass is 514 g/mol. The molecule has 0 spiro atoms. The van der Waals surface area contributed by atoms with Crippen molar-refractivity contribution in [1.29, 1.82) is 0 Å². The Morgan fingerprint density at radius 3 is 2.47 bits per heavy atom. The van der Waals surface area contributed by atoms with Crippen molar-refractivity contribution in [3.63, 3.8) is 0 Å². The summed E-state index contributed by atoms with van der Waals surface area (Å²) in [4.78, 5) is 27.5. The Hall–Kier alpha value is -3.29. The molecular weight excluding hydrogens is 472 g/mol. The van der Waals surface area contributed by atoms with Crippen LogP contribution in [0.25, 0.3) is 11.2 Å². The smallest absolute Gasteiger partial charge is 0.225 e. The summed E-state index contributed by atoms with van der Waals surface area (Å²) in [6, 6.07) is 14.9.